The summed E-state index contributed by atoms with van der Waals surface area (Å²) in [5, 5.41) is 14.5. The molecule has 0 aliphatic heterocycles. The maximum absolute atomic E-state index is 10.7. The molecule has 0 unspecified atom stereocenters. The predicted octanol–water partition coefficient (Wildman–Crippen LogP) is 4.55. The molecule has 1 aromatic carbocycles. The van der Waals surface area contributed by atoms with E-state index in [4.69, 9.17) is 11.6 Å². The quantitative estimate of drug-likeness (QED) is 0.476. The van der Waals surface area contributed by atoms with E-state index in [1.807, 2.05) is 0 Å². The first-order chi connectivity index (χ1) is 10.1. The molecular weight excluding hydrogens is 288 g/mol. The van der Waals surface area contributed by atoms with E-state index in [9.17, 15) is 10.1 Å². The standard InChI is InChI=1S/C16H23ClN2O2/c1-12-2-4-13(5-3-12)8-9-18-11-14-6-7-15(19(20)21)10-16(14)17/h6-7,10,12-13,18H,2-5,8-9,11H2,1H3. The second-order valence-electron chi connectivity index (χ2n) is 6.12. The summed E-state index contributed by atoms with van der Waals surface area (Å²) in [5.41, 5.74) is 0.958. The van der Waals surface area contributed by atoms with Gasteiger partial charge >= 0.3 is 0 Å². The molecule has 0 amide bonds. The van der Waals surface area contributed by atoms with Crippen molar-refractivity contribution >= 4 is 17.3 Å². The molecule has 21 heavy (non-hydrogen) atoms. The van der Waals surface area contributed by atoms with Crippen molar-refractivity contribution in [3.05, 3.63) is 38.9 Å². The van der Waals surface area contributed by atoms with Crippen LogP contribution in [0.15, 0.2) is 18.2 Å². The average Bonchev–Trinajstić information content (AvgIpc) is 2.46. The Hall–Kier alpha value is -1.13. The summed E-state index contributed by atoms with van der Waals surface area (Å²) in [6, 6.07) is 4.66. The maximum Gasteiger partial charge on any atom is 0.270 e. The van der Waals surface area contributed by atoms with Crippen LogP contribution >= 0.6 is 11.6 Å². The number of nitro benzene ring substituents is 1. The SMILES string of the molecule is CC1CCC(CCNCc2ccc([N+](=O)[O-])cc2Cl)CC1. The van der Waals surface area contributed by atoms with E-state index in [1.165, 1.54) is 44.2 Å². The zero-order valence-electron chi connectivity index (χ0n) is 12.5. The van der Waals surface area contributed by atoms with Crippen molar-refractivity contribution in [2.24, 2.45) is 11.8 Å². The molecule has 0 atom stereocenters. The van der Waals surface area contributed by atoms with E-state index < -0.39 is 4.92 Å². The van der Waals surface area contributed by atoms with Crippen molar-refractivity contribution in [2.75, 3.05) is 6.54 Å². The third kappa shape index (κ3) is 4.97. The van der Waals surface area contributed by atoms with Gasteiger partial charge in [0.15, 0.2) is 0 Å². The molecule has 1 saturated carbocycles. The number of nitrogens with zero attached hydrogens (tertiary/aromatic N) is 1. The molecule has 0 saturated heterocycles. The largest absolute Gasteiger partial charge is 0.313 e. The van der Waals surface area contributed by atoms with Gasteiger partial charge in [0.05, 0.1) is 9.95 Å². The molecule has 1 N–H and O–H groups in total. The monoisotopic (exact) mass is 310 g/mol. The Morgan fingerprint density at radius 2 is 2.05 bits per heavy atom. The number of rotatable bonds is 6. The molecule has 1 aliphatic carbocycles. The number of nitro groups is 1. The summed E-state index contributed by atoms with van der Waals surface area (Å²) in [5.74, 6) is 1.74. The van der Waals surface area contributed by atoms with E-state index in [0.29, 0.717) is 11.6 Å². The van der Waals surface area contributed by atoms with Gasteiger partial charge in [0.1, 0.15) is 0 Å². The van der Waals surface area contributed by atoms with Gasteiger partial charge in [-0.15, -0.1) is 0 Å². The third-order valence-electron chi connectivity index (χ3n) is 4.43. The Balaban J connectivity index is 1.72. The van der Waals surface area contributed by atoms with Crippen LogP contribution in [0.25, 0.3) is 0 Å². The van der Waals surface area contributed by atoms with E-state index >= 15 is 0 Å². The first kappa shape index (κ1) is 16.2. The second kappa shape index (κ2) is 7.76. The molecule has 0 heterocycles. The summed E-state index contributed by atoms with van der Waals surface area (Å²) >= 11 is 6.07. The first-order valence-electron chi connectivity index (χ1n) is 7.70. The summed E-state index contributed by atoms with van der Waals surface area (Å²) in [7, 11) is 0. The lowest BCUT2D eigenvalue weighted by Crippen LogP contribution is -2.20. The van der Waals surface area contributed by atoms with Crippen LogP contribution in [-0.4, -0.2) is 11.5 Å². The Morgan fingerprint density at radius 1 is 1.33 bits per heavy atom. The maximum atomic E-state index is 10.7. The molecule has 0 aromatic heterocycles. The van der Waals surface area contributed by atoms with Gasteiger partial charge in [-0.3, -0.25) is 10.1 Å². The molecule has 1 aromatic rings. The van der Waals surface area contributed by atoms with Crippen molar-refractivity contribution in [3.8, 4) is 0 Å². The van der Waals surface area contributed by atoms with Crippen LogP contribution in [0.1, 0.15) is 44.6 Å². The fourth-order valence-corrected chi connectivity index (χ4v) is 3.18. The van der Waals surface area contributed by atoms with Crippen molar-refractivity contribution in [1.29, 1.82) is 0 Å². The second-order valence-corrected chi connectivity index (χ2v) is 6.53. The van der Waals surface area contributed by atoms with E-state index in [0.717, 1.165) is 23.9 Å². The minimum absolute atomic E-state index is 0.0417. The lowest BCUT2D eigenvalue weighted by molar-refractivity contribution is -0.384. The Labute approximate surface area is 131 Å². The van der Waals surface area contributed by atoms with Gasteiger partial charge < -0.3 is 5.32 Å². The van der Waals surface area contributed by atoms with Crippen LogP contribution in [0.5, 0.6) is 0 Å². The molecular formula is C16H23ClN2O2. The highest BCUT2D eigenvalue weighted by molar-refractivity contribution is 6.31. The normalized spacial score (nSPS) is 22.2. The van der Waals surface area contributed by atoms with Crippen molar-refractivity contribution in [1.82, 2.24) is 5.32 Å². The van der Waals surface area contributed by atoms with Gasteiger partial charge in [0.25, 0.3) is 5.69 Å². The number of non-ortho nitro benzene ring substituents is 1. The zero-order valence-corrected chi connectivity index (χ0v) is 13.2. The molecule has 116 valence electrons. The number of hydrogen-bond acceptors (Lipinski definition) is 3. The van der Waals surface area contributed by atoms with Gasteiger partial charge in [0, 0.05) is 18.7 Å². The van der Waals surface area contributed by atoms with E-state index in [2.05, 4.69) is 12.2 Å². The summed E-state index contributed by atoms with van der Waals surface area (Å²) in [4.78, 5) is 10.2. The van der Waals surface area contributed by atoms with Crippen LogP contribution in [0.3, 0.4) is 0 Å². The Morgan fingerprint density at radius 3 is 2.67 bits per heavy atom. The fraction of sp³-hybridized carbons (Fsp3) is 0.625. The summed E-state index contributed by atoms with van der Waals surface area (Å²) in [6.45, 7) is 3.98. The molecule has 0 bridgehead atoms. The number of hydrogen-bond donors (Lipinski definition) is 1. The highest BCUT2D eigenvalue weighted by atomic mass is 35.5. The van der Waals surface area contributed by atoms with Gasteiger partial charge in [0.2, 0.25) is 0 Å². The van der Waals surface area contributed by atoms with Crippen LogP contribution in [0.2, 0.25) is 5.02 Å². The van der Waals surface area contributed by atoms with Gasteiger partial charge in [-0.05, 0) is 36.4 Å². The molecule has 5 heteroatoms. The van der Waals surface area contributed by atoms with Crippen LogP contribution in [0.4, 0.5) is 5.69 Å². The van der Waals surface area contributed by atoms with E-state index in [-0.39, 0.29) is 5.69 Å². The van der Waals surface area contributed by atoms with Gasteiger partial charge in [-0.1, -0.05) is 44.2 Å². The fourth-order valence-electron chi connectivity index (χ4n) is 2.94. The first-order valence-corrected chi connectivity index (χ1v) is 8.07. The molecule has 2 rings (SSSR count). The molecule has 1 fully saturated rings. The summed E-state index contributed by atoms with van der Waals surface area (Å²) < 4.78 is 0. The number of benzene rings is 1. The topological polar surface area (TPSA) is 55.2 Å². The van der Waals surface area contributed by atoms with Crippen molar-refractivity contribution in [2.45, 2.75) is 45.6 Å². The van der Waals surface area contributed by atoms with Crippen molar-refractivity contribution < 1.29 is 4.92 Å². The van der Waals surface area contributed by atoms with Crippen LogP contribution < -0.4 is 5.32 Å². The lowest BCUT2D eigenvalue weighted by Gasteiger charge is -2.26. The third-order valence-corrected chi connectivity index (χ3v) is 4.78. The predicted molar refractivity (Wildman–Crippen MR) is 85.6 cm³/mol. The molecule has 4 nitrogen and oxygen atoms in total. The number of halogens is 1. The number of nitrogens with one attached hydrogen (secondary N) is 1. The minimum atomic E-state index is -0.423. The average molecular weight is 311 g/mol. The Kier molecular flexibility index (Phi) is 6.00. The van der Waals surface area contributed by atoms with Crippen LogP contribution in [-0.2, 0) is 6.54 Å². The van der Waals surface area contributed by atoms with Gasteiger partial charge in [-0.25, -0.2) is 0 Å². The minimum Gasteiger partial charge on any atom is -0.313 e. The van der Waals surface area contributed by atoms with Crippen LogP contribution in [0, 0.1) is 22.0 Å². The highest BCUT2D eigenvalue weighted by Crippen LogP contribution is 2.30. The zero-order chi connectivity index (χ0) is 15.2. The van der Waals surface area contributed by atoms with Gasteiger partial charge in [-0.2, -0.15) is 0 Å². The Bertz CT molecular complexity index is 485. The molecule has 1 aliphatic rings. The van der Waals surface area contributed by atoms with E-state index in [1.54, 1.807) is 6.07 Å². The highest BCUT2D eigenvalue weighted by Gasteiger charge is 2.17. The molecule has 0 radical (unpaired) electrons. The molecule has 0 spiro atoms. The van der Waals surface area contributed by atoms with Crippen molar-refractivity contribution in [3.63, 3.8) is 0 Å². The summed E-state index contributed by atoms with van der Waals surface area (Å²) in [6.07, 6.45) is 6.62. The lowest BCUT2D eigenvalue weighted by atomic mass is 9.81. The smallest absolute Gasteiger partial charge is 0.270 e.